The van der Waals surface area contributed by atoms with E-state index in [0.29, 0.717) is 16.4 Å². The number of ether oxygens (including phenoxy) is 1. The van der Waals surface area contributed by atoms with Crippen LogP contribution < -0.4 is 5.32 Å². The van der Waals surface area contributed by atoms with Gasteiger partial charge in [0.1, 0.15) is 5.82 Å². The van der Waals surface area contributed by atoms with Crippen LogP contribution in [0, 0.1) is 5.92 Å². The van der Waals surface area contributed by atoms with Crippen LogP contribution in [0.2, 0.25) is 0 Å². The summed E-state index contributed by atoms with van der Waals surface area (Å²) >= 11 is 0. The summed E-state index contributed by atoms with van der Waals surface area (Å²) in [7, 11) is -1.47. The molecule has 3 aromatic rings. The maximum atomic E-state index is 13.3. The topological polar surface area (TPSA) is 78.2 Å². The first kappa shape index (κ1) is 24.7. The van der Waals surface area contributed by atoms with Gasteiger partial charge in [0, 0.05) is 43.6 Å². The molecular weight excluding hydrogens is 448 g/mol. The largest absolute Gasteiger partial charge is 0.381 e. The van der Waals surface area contributed by atoms with Crippen LogP contribution in [0.4, 0.5) is 0 Å². The summed E-state index contributed by atoms with van der Waals surface area (Å²) in [6.07, 6.45) is 6.42. The fraction of sp³-hybridized carbons (Fsp3) is 0.538. The molecule has 1 amide bonds. The summed E-state index contributed by atoms with van der Waals surface area (Å²) in [6.45, 7) is 13.1. The van der Waals surface area contributed by atoms with Crippen LogP contribution in [-0.2, 0) is 27.7 Å². The number of nitrogens with one attached hydrogen (secondary N) is 1. The second kappa shape index (κ2) is 10.0. The van der Waals surface area contributed by atoms with Crippen LogP contribution in [0.25, 0.3) is 11.0 Å². The Hall–Kier alpha value is -2.45. The predicted octanol–water partition coefficient (Wildman–Crippen LogP) is 4.66. The molecule has 0 bridgehead atoms. The van der Waals surface area contributed by atoms with E-state index >= 15 is 0 Å². The Morgan fingerprint density at radius 3 is 2.68 bits per heavy atom. The number of carbonyl (C=O) groups is 1. The van der Waals surface area contributed by atoms with Gasteiger partial charge in [-0.3, -0.25) is 8.77 Å². The average molecular weight is 485 g/mol. The zero-order valence-corrected chi connectivity index (χ0v) is 21.7. The van der Waals surface area contributed by atoms with Crippen LogP contribution in [0.3, 0.4) is 0 Å². The quantitative estimate of drug-likeness (QED) is 0.504. The third-order valence-corrected chi connectivity index (χ3v) is 8.00. The maximum absolute atomic E-state index is 13.3. The molecule has 1 saturated heterocycles. The fourth-order valence-electron chi connectivity index (χ4n) is 4.35. The van der Waals surface area contributed by atoms with E-state index < -0.39 is 11.0 Å². The van der Waals surface area contributed by atoms with E-state index in [9.17, 15) is 9.00 Å². The van der Waals surface area contributed by atoms with Gasteiger partial charge in [-0.1, -0.05) is 20.8 Å². The highest BCUT2D eigenvalue weighted by molar-refractivity contribution is 7.83. The number of benzene rings is 1. The zero-order valence-electron chi connectivity index (χ0n) is 20.8. The van der Waals surface area contributed by atoms with Crippen molar-refractivity contribution in [2.24, 2.45) is 5.92 Å². The predicted molar refractivity (Wildman–Crippen MR) is 135 cm³/mol. The molecule has 7 nitrogen and oxygen atoms in total. The zero-order chi connectivity index (χ0) is 24.5. The molecule has 1 unspecified atom stereocenters. The van der Waals surface area contributed by atoms with Gasteiger partial charge in [-0.05, 0) is 63.3 Å². The minimum atomic E-state index is -1.47. The standard InChI is InChI=1S/C26H36N4O3S/c1-6-26(4,5)25-28-22-15-21(7-8-23(22)30(25)16-19-10-13-33-14-11-19)34(32)29-12-9-20(17-29)24(31)27-18(2)3/h7-9,12,15,17-19H,6,10-11,13-14,16H2,1-5H3,(H,27,31). The molecule has 1 N–H and O–H groups in total. The number of hydrogen-bond acceptors (Lipinski definition) is 4. The molecule has 34 heavy (non-hydrogen) atoms. The number of nitrogens with zero attached hydrogens (tertiary/aromatic N) is 3. The number of amides is 1. The van der Waals surface area contributed by atoms with Crippen molar-refractivity contribution in [1.82, 2.24) is 18.8 Å². The van der Waals surface area contributed by atoms with Crippen LogP contribution >= 0.6 is 0 Å². The van der Waals surface area contributed by atoms with Crippen molar-refractivity contribution in [3.05, 3.63) is 48.0 Å². The lowest BCUT2D eigenvalue weighted by Crippen LogP contribution is -2.29. The fourth-order valence-corrected chi connectivity index (χ4v) is 5.37. The third kappa shape index (κ3) is 5.13. The molecule has 1 aliphatic heterocycles. The summed E-state index contributed by atoms with van der Waals surface area (Å²) in [5, 5.41) is 2.87. The van der Waals surface area contributed by atoms with Gasteiger partial charge in [-0.15, -0.1) is 0 Å². The number of aromatic nitrogens is 3. The normalized spacial score (nSPS) is 16.3. The molecular formula is C26H36N4O3S. The Kier molecular flexibility index (Phi) is 7.28. The van der Waals surface area contributed by atoms with Gasteiger partial charge in [-0.2, -0.15) is 0 Å². The van der Waals surface area contributed by atoms with Gasteiger partial charge >= 0.3 is 0 Å². The van der Waals surface area contributed by atoms with E-state index in [-0.39, 0.29) is 17.4 Å². The summed E-state index contributed by atoms with van der Waals surface area (Å²) in [6, 6.07) is 7.62. The number of fused-ring (bicyclic) bond motifs is 1. The van der Waals surface area contributed by atoms with Crippen LogP contribution in [0.15, 0.2) is 41.6 Å². The summed E-state index contributed by atoms with van der Waals surface area (Å²) in [4.78, 5) is 18.0. The van der Waals surface area contributed by atoms with Crippen molar-refractivity contribution in [3.8, 4) is 0 Å². The number of rotatable bonds is 8. The monoisotopic (exact) mass is 484 g/mol. The Labute approximate surface area is 204 Å². The van der Waals surface area contributed by atoms with Crippen LogP contribution in [-0.4, -0.2) is 42.9 Å². The molecule has 0 spiro atoms. The number of hydrogen-bond donors (Lipinski definition) is 1. The summed E-state index contributed by atoms with van der Waals surface area (Å²) in [5.74, 6) is 1.48. The molecule has 8 heteroatoms. The Morgan fingerprint density at radius 2 is 2.00 bits per heavy atom. The lowest BCUT2D eigenvalue weighted by atomic mass is 9.89. The molecule has 0 aliphatic carbocycles. The molecule has 0 radical (unpaired) electrons. The van der Waals surface area contributed by atoms with Gasteiger partial charge in [-0.25, -0.2) is 9.19 Å². The molecule has 184 valence electrons. The number of imidazole rings is 1. The Morgan fingerprint density at radius 1 is 1.26 bits per heavy atom. The third-order valence-electron chi connectivity index (χ3n) is 6.73. The minimum absolute atomic E-state index is 0.0431. The van der Waals surface area contributed by atoms with E-state index in [4.69, 9.17) is 9.72 Å². The first-order valence-electron chi connectivity index (χ1n) is 12.2. The highest BCUT2D eigenvalue weighted by Gasteiger charge is 2.28. The second-order valence-electron chi connectivity index (χ2n) is 10.1. The van der Waals surface area contributed by atoms with Gasteiger partial charge in [0.2, 0.25) is 0 Å². The molecule has 1 atom stereocenters. The molecule has 4 rings (SSSR count). The summed E-state index contributed by atoms with van der Waals surface area (Å²) in [5.41, 5.74) is 2.37. The van der Waals surface area contributed by atoms with Gasteiger partial charge in [0.15, 0.2) is 11.0 Å². The van der Waals surface area contributed by atoms with Gasteiger partial charge < -0.3 is 14.6 Å². The van der Waals surface area contributed by atoms with E-state index in [1.807, 2.05) is 32.0 Å². The van der Waals surface area contributed by atoms with E-state index in [1.165, 1.54) is 0 Å². The van der Waals surface area contributed by atoms with Gasteiger partial charge in [0.25, 0.3) is 5.91 Å². The molecule has 3 heterocycles. The average Bonchev–Trinajstić information content (AvgIpc) is 3.45. The first-order valence-corrected chi connectivity index (χ1v) is 13.3. The van der Waals surface area contributed by atoms with Crippen molar-refractivity contribution >= 4 is 27.9 Å². The Balaban J connectivity index is 1.66. The van der Waals surface area contributed by atoms with Crippen LogP contribution in [0.1, 0.15) is 70.1 Å². The van der Waals surface area contributed by atoms with Crippen molar-refractivity contribution in [1.29, 1.82) is 0 Å². The van der Waals surface area contributed by atoms with Gasteiger partial charge in [0.05, 0.1) is 21.5 Å². The smallest absolute Gasteiger partial charge is 0.253 e. The highest BCUT2D eigenvalue weighted by atomic mass is 32.2. The van der Waals surface area contributed by atoms with E-state index in [0.717, 1.165) is 55.9 Å². The minimum Gasteiger partial charge on any atom is -0.381 e. The van der Waals surface area contributed by atoms with Crippen molar-refractivity contribution in [2.45, 2.75) is 76.8 Å². The van der Waals surface area contributed by atoms with E-state index in [1.54, 1.807) is 22.4 Å². The lowest BCUT2D eigenvalue weighted by molar-refractivity contribution is 0.0610. The maximum Gasteiger partial charge on any atom is 0.253 e. The highest BCUT2D eigenvalue weighted by Crippen LogP contribution is 2.32. The number of carbonyl (C=O) groups excluding carboxylic acids is 1. The van der Waals surface area contributed by atoms with Crippen LogP contribution in [0.5, 0.6) is 0 Å². The first-order chi connectivity index (χ1) is 16.2. The SMILES string of the molecule is CCC(C)(C)c1nc2cc(S(=O)n3ccc(C(=O)NC(C)C)c3)ccc2n1CC1CCOCC1. The molecule has 1 aliphatic rings. The summed E-state index contributed by atoms with van der Waals surface area (Å²) < 4.78 is 22.8. The van der Waals surface area contributed by atoms with Crippen molar-refractivity contribution < 1.29 is 13.7 Å². The molecule has 2 aromatic heterocycles. The molecule has 0 saturated carbocycles. The van der Waals surface area contributed by atoms with E-state index in [2.05, 4.69) is 30.7 Å². The second-order valence-corrected chi connectivity index (χ2v) is 11.5. The van der Waals surface area contributed by atoms with Crippen molar-refractivity contribution in [3.63, 3.8) is 0 Å². The van der Waals surface area contributed by atoms with Crippen molar-refractivity contribution in [2.75, 3.05) is 13.2 Å². The Bertz CT molecular complexity index is 1190. The lowest BCUT2D eigenvalue weighted by Gasteiger charge is -2.28. The molecule has 1 fully saturated rings. The molecule has 1 aromatic carbocycles.